The van der Waals surface area contributed by atoms with Crippen molar-refractivity contribution in [1.82, 2.24) is 25.0 Å². The molecule has 78 valence electrons. The predicted molar refractivity (Wildman–Crippen MR) is 56.1 cm³/mol. The zero-order chi connectivity index (χ0) is 10.8. The van der Waals surface area contributed by atoms with E-state index in [2.05, 4.69) is 25.6 Å². The second-order valence-electron chi connectivity index (χ2n) is 3.01. The fraction of sp³-hybridized carbons (Fsp3) is 0.250. The van der Waals surface area contributed by atoms with Crippen molar-refractivity contribution in [2.24, 2.45) is 7.05 Å². The highest BCUT2D eigenvalue weighted by molar-refractivity contribution is 6.29. The fourth-order valence-electron chi connectivity index (χ4n) is 1.04. The molecule has 7 heteroatoms. The Morgan fingerprint density at radius 1 is 1.40 bits per heavy atom. The van der Waals surface area contributed by atoms with Crippen molar-refractivity contribution in [2.45, 2.75) is 6.92 Å². The molecule has 2 heterocycles. The Morgan fingerprint density at radius 2 is 2.20 bits per heavy atom. The summed E-state index contributed by atoms with van der Waals surface area (Å²) in [5.41, 5.74) is 0.630. The highest BCUT2D eigenvalue weighted by Crippen LogP contribution is 2.12. The molecule has 0 saturated heterocycles. The van der Waals surface area contributed by atoms with Crippen LogP contribution in [0.5, 0.6) is 0 Å². The summed E-state index contributed by atoms with van der Waals surface area (Å²) in [6.07, 6.45) is 1.82. The molecule has 0 unspecified atom stereocenters. The van der Waals surface area contributed by atoms with Gasteiger partial charge in [0.05, 0.1) is 5.69 Å². The summed E-state index contributed by atoms with van der Waals surface area (Å²) in [7, 11) is 1.83. The van der Waals surface area contributed by atoms with Crippen LogP contribution in [0.25, 0.3) is 0 Å². The Balaban J connectivity index is 2.21. The first-order chi connectivity index (χ1) is 7.15. The van der Waals surface area contributed by atoms with Crippen molar-refractivity contribution >= 4 is 23.4 Å². The predicted octanol–water partition coefficient (Wildman–Crippen LogP) is 1.31. The molecular formula is C8H9ClN6. The van der Waals surface area contributed by atoms with Crippen LogP contribution in [0.3, 0.4) is 0 Å². The number of rotatable bonds is 2. The molecule has 15 heavy (non-hydrogen) atoms. The van der Waals surface area contributed by atoms with Gasteiger partial charge in [0.15, 0.2) is 11.0 Å². The van der Waals surface area contributed by atoms with Crippen LogP contribution in [0.15, 0.2) is 12.3 Å². The standard InChI is InChI=1S/C8H9ClN6/c1-5-7(9)12-13-8(10-5)11-6-3-4-15(2)14-6/h3-4H,1-2H3,(H,10,11,13,14). The van der Waals surface area contributed by atoms with Crippen molar-refractivity contribution in [3.8, 4) is 0 Å². The molecule has 0 saturated carbocycles. The highest BCUT2D eigenvalue weighted by Gasteiger charge is 2.04. The van der Waals surface area contributed by atoms with E-state index in [-0.39, 0.29) is 0 Å². The number of nitrogens with zero attached hydrogens (tertiary/aromatic N) is 5. The van der Waals surface area contributed by atoms with Gasteiger partial charge in [0.25, 0.3) is 0 Å². The van der Waals surface area contributed by atoms with Gasteiger partial charge in [-0.25, -0.2) is 4.98 Å². The molecular weight excluding hydrogens is 216 g/mol. The molecule has 0 fully saturated rings. The van der Waals surface area contributed by atoms with E-state index in [1.807, 2.05) is 19.3 Å². The lowest BCUT2D eigenvalue weighted by Crippen LogP contribution is -2.02. The van der Waals surface area contributed by atoms with Crippen LogP contribution in [0, 0.1) is 6.92 Å². The first-order valence-electron chi connectivity index (χ1n) is 4.28. The number of anilines is 2. The van der Waals surface area contributed by atoms with Crippen molar-refractivity contribution < 1.29 is 0 Å². The maximum atomic E-state index is 5.70. The molecule has 0 bridgehead atoms. The first-order valence-corrected chi connectivity index (χ1v) is 4.66. The van der Waals surface area contributed by atoms with E-state index in [9.17, 15) is 0 Å². The van der Waals surface area contributed by atoms with Crippen LogP contribution in [-0.2, 0) is 7.05 Å². The number of halogens is 1. The average molecular weight is 225 g/mol. The quantitative estimate of drug-likeness (QED) is 0.833. The van der Waals surface area contributed by atoms with Gasteiger partial charge in [-0.1, -0.05) is 11.6 Å². The molecule has 6 nitrogen and oxygen atoms in total. The van der Waals surface area contributed by atoms with Crippen LogP contribution < -0.4 is 5.32 Å². The monoisotopic (exact) mass is 224 g/mol. The van der Waals surface area contributed by atoms with Crippen LogP contribution in [-0.4, -0.2) is 25.0 Å². The van der Waals surface area contributed by atoms with Gasteiger partial charge in [-0.05, 0) is 6.92 Å². The van der Waals surface area contributed by atoms with Crippen molar-refractivity contribution in [3.05, 3.63) is 23.1 Å². The molecule has 0 spiro atoms. The van der Waals surface area contributed by atoms with E-state index in [0.29, 0.717) is 22.6 Å². The lowest BCUT2D eigenvalue weighted by molar-refractivity contribution is 0.770. The molecule has 2 aromatic heterocycles. The van der Waals surface area contributed by atoms with E-state index in [1.54, 1.807) is 11.6 Å². The number of hydrogen-bond donors (Lipinski definition) is 1. The Bertz CT molecular complexity index is 480. The summed E-state index contributed by atoms with van der Waals surface area (Å²) < 4.78 is 1.68. The second-order valence-corrected chi connectivity index (χ2v) is 3.37. The van der Waals surface area contributed by atoms with E-state index >= 15 is 0 Å². The molecule has 0 amide bonds. The molecule has 2 aromatic rings. The normalized spacial score (nSPS) is 10.3. The average Bonchev–Trinajstić information content (AvgIpc) is 2.58. The SMILES string of the molecule is Cc1nc(Nc2ccn(C)n2)nnc1Cl. The van der Waals surface area contributed by atoms with Crippen LogP contribution in [0.2, 0.25) is 5.15 Å². The van der Waals surface area contributed by atoms with Crippen molar-refractivity contribution in [1.29, 1.82) is 0 Å². The summed E-state index contributed by atoms with van der Waals surface area (Å²) in [6, 6.07) is 1.81. The summed E-state index contributed by atoms with van der Waals surface area (Å²) >= 11 is 5.70. The van der Waals surface area contributed by atoms with Gasteiger partial charge in [-0.3, -0.25) is 4.68 Å². The lowest BCUT2D eigenvalue weighted by atomic mass is 10.5. The lowest BCUT2D eigenvalue weighted by Gasteiger charge is -2.01. The van der Waals surface area contributed by atoms with E-state index < -0.39 is 0 Å². The summed E-state index contributed by atoms with van der Waals surface area (Å²) in [6.45, 7) is 1.76. The Kier molecular flexibility index (Phi) is 2.51. The van der Waals surface area contributed by atoms with Crippen LogP contribution in [0.4, 0.5) is 11.8 Å². The summed E-state index contributed by atoms with van der Waals surface area (Å²) in [5, 5.41) is 14.9. The largest absolute Gasteiger partial charge is 0.306 e. The number of nitrogens with one attached hydrogen (secondary N) is 1. The minimum Gasteiger partial charge on any atom is -0.306 e. The van der Waals surface area contributed by atoms with Gasteiger partial charge in [0.1, 0.15) is 0 Å². The number of aryl methyl sites for hydroxylation is 2. The third-order valence-corrected chi connectivity index (χ3v) is 2.11. The Morgan fingerprint density at radius 3 is 2.80 bits per heavy atom. The molecule has 0 radical (unpaired) electrons. The smallest absolute Gasteiger partial charge is 0.248 e. The molecule has 0 atom stereocenters. The highest BCUT2D eigenvalue weighted by atomic mass is 35.5. The van der Waals surface area contributed by atoms with E-state index in [1.165, 1.54) is 0 Å². The zero-order valence-corrected chi connectivity index (χ0v) is 9.02. The third-order valence-electron chi connectivity index (χ3n) is 1.76. The van der Waals surface area contributed by atoms with Gasteiger partial charge in [-0.2, -0.15) is 5.10 Å². The topological polar surface area (TPSA) is 68.5 Å². The van der Waals surface area contributed by atoms with E-state index in [4.69, 9.17) is 11.6 Å². The minimum atomic E-state index is 0.307. The molecule has 0 aliphatic heterocycles. The van der Waals surface area contributed by atoms with Crippen LogP contribution in [0.1, 0.15) is 5.69 Å². The van der Waals surface area contributed by atoms with E-state index in [0.717, 1.165) is 0 Å². The summed E-state index contributed by atoms with van der Waals surface area (Å²) in [5.74, 6) is 1.05. The molecule has 0 aliphatic rings. The van der Waals surface area contributed by atoms with Crippen molar-refractivity contribution in [2.75, 3.05) is 5.32 Å². The third kappa shape index (κ3) is 2.21. The molecule has 0 aliphatic carbocycles. The van der Waals surface area contributed by atoms with Gasteiger partial charge >= 0.3 is 0 Å². The fourth-order valence-corrected chi connectivity index (χ4v) is 1.12. The Hall–Kier alpha value is -1.69. The second kappa shape index (κ2) is 3.82. The van der Waals surface area contributed by atoms with Gasteiger partial charge in [0, 0.05) is 19.3 Å². The maximum Gasteiger partial charge on any atom is 0.248 e. The molecule has 1 N–H and O–H groups in total. The maximum absolute atomic E-state index is 5.70. The minimum absolute atomic E-state index is 0.307. The molecule has 2 rings (SSSR count). The van der Waals surface area contributed by atoms with Gasteiger partial charge in [0.2, 0.25) is 5.95 Å². The first kappa shape index (κ1) is 9.85. The van der Waals surface area contributed by atoms with Gasteiger partial charge < -0.3 is 5.32 Å². The zero-order valence-electron chi connectivity index (χ0n) is 8.27. The van der Waals surface area contributed by atoms with Gasteiger partial charge in [-0.15, -0.1) is 10.2 Å². The van der Waals surface area contributed by atoms with Crippen LogP contribution >= 0.6 is 11.6 Å². The van der Waals surface area contributed by atoms with Crippen molar-refractivity contribution in [3.63, 3.8) is 0 Å². The number of aromatic nitrogens is 5. The molecule has 0 aromatic carbocycles. The number of hydrogen-bond acceptors (Lipinski definition) is 5. The Labute approximate surface area is 91.3 Å². The summed E-state index contributed by atoms with van der Waals surface area (Å²) in [4.78, 5) is 4.11.